The van der Waals surface area contributed by atoms with Crippen LogP contribution in [0.2, 0.25) is 0 Å². The first-order valence-corrected chi connectivity index (χ1v) is 11.0. The molecule has 4 heterocycles. The number of benzene rings is 1. The molecule has 2 aliphatic heterocycles. The zero-order valence-corrected chi connectivity index (χ0v) is 18.8. The van der Waals surface area contributed by atoms with Gasteiger partial charge in [0.05, 0.1) is 42.5 Å². The lowest BCUT2D eigenvalue weighted by atomic mass is 10.1. The van der Waals surface area contributed by atoms with Gasteiger partial charge in [-0.15, -0.1) is 0 Å². The number of hydrogen-bond donors (Lipinski definition) is 3. The molecule has 2 atom stereocenters. The minimum atomic E-state index is -0.509. The Balaban J connectivity index is 1.72. The maximum atomic E-state index is 14.4. The summed E-state index contributed by atoms with van der Waals surface area (Å²) in [4.78, 5) is 17.3. The average Bonchev–Trinajstić information content (AvgIpc) is 3.22. The molecule has 0 fully saturated rings. The number of nitrogens with zero attached hydrogens (tertiary/aromatic N) is 3. The molecule has 3 aromatic rings. The molecule has 1 aromatic carbocycles. The van der Waals surface area contributed by atoms with E-state index in [9.17, 15) is 9.18 Å². The highest BCUT2D eigenvalue weighted by atomic mass is 19.1. The normalized spacial score (nSPS) is 20.1. The Morgan fingerprint density at radius 2 is 2.09 bits per heavy atom. The summed E-state index contributed by atoms with van der Waals surface area (Å²) in [5, 5.41) is 14.5. The summed E-state index contributed by atoms with van der Waals surface area (Å²) in [7, 11) is 3.07. The van der Waals surface area contributed by atoms with Crippen molar-refractivity contribution in [3.63, 3.8) is 0 Å². The zero-order chi connectivity index (χ0) is 23.7. The third kappa shape index (κ3) is 3.86. The van der Waals surface area contributed by atoms with Crippen molar-refractivity contribution in [1.29, 1.82) is 0 Å². The topological polar surface area (TPSA) is 102 Å². The van der Waals surface area contributed by atoms with Crippen LogP contribution in [0, 0.1) is 5.82 Å². The summed E-state index contributed by atoms with van der Waals surface area (Å²) in [6, 6.07) is 6.33. The number of ether oxygens (including phenoxy) is 2. The molecule has 0 saturated carbocycles. The second kappa shape index (κ2) is 9.14. The van der Waals surface area contributed by atoms with E-state index in [2.05, 4.69) is 20.9 Å². The largest absolute Gasteiger partial charge is 0.492 e. The van der Waals surface area contributed by atoms with Crippen LogP contribution in [0.3, 0.4) is 0 Å². The Kier molecular flexibility index (Phi) is 5.89. The molecule has 0 aliphatic carbocycles. The monoisotopic (exact) mass is 464 g/mol. The van der Waals surface area contributed by atoms with Gasteiger partial charge in [0.1, 0.15) is 5.69 Å². The maximum absolute atomic E-state index is 14.4. The van der Waals surface area contributed by atoms with Gasteiger partial charge < -0.3 is 25.4 Å². The van der Waals surface area contributed by atoms with Crippen molar-refractivity contribution in [1.82, 2.24) is 20.1 Å². The van der Waals surface area contributed by atoms with Crippen LogP contribution in [0.4, 0.5) is 21.5 Å². The highest BCUT2D eigenvalue weighted by molar-refractivity contribution is 6.04. The first kappa shape index (κ1) is 21.9. The fourth-order valence-corrected chi connectivity index (χ4v) is 4.31. The van der Waals surface area contributed by atoms with Gasteiger partial charge in [-0.25, -0.2) is 4.39 Å². The first-order valence-electron chi connectivity index (χ1n) is 11.0. The van der Waals surface area contributed by atoms with Crippen molar-refractivity contribution in [3.05, 3.63) is 60.3 Å². The van der Waals surface area contributed by atoms with Gasteiger partial charge in [0, 0.05) is 32.0 Å². The van der Waals surface area contributed by atoms with E-state index < -0.39 is 5.82 Å². The molecule has 2 aromatic heterocycles. The highest BCUT2D eigenvalue weighted by Crippen LogP contribution is 2.41. The van der Waals surface area contributed by atoms with Crippen LogP contribution in [-0.2, 0) is 4.74 Å². The second-order valence-corrected chi connectivity index (χ2v) is 8.07. The van der Waals surface area contributed by atoms with Gasteiger partial charge >= 0.3 is 0 Å². The van der Waals surface area contributed by atoms with Crippen molar-refractivity contribution in [2.75, 3.05) is 37.9 Å². The Morgan fingerprint density at radius 1 is 1.21 bits per heavy atom. The lowest BCUT2D eigenvalue weighted by molar-refractivity contribution is 0.0910. The number of anilines is 3. The van der Waals surface area contributed by atoms with Crippen LogP contribution in [0.5, 0.6) is 5.75 Å². The number of methoxy groups -OCH3 is 2. The van der Waals surface area contributed by atoms with E-state index >= 15 is 0 Å². The van der Waals surface area contributed by atoms with Crippen molar-refractivity contribution in [2.45, 2.75) is 18.6 Å². The summed E-state index contributed by atoms with van der Waals surface area (Å²) < 4.78 is 27.0. The maximum Gasteiger partial charge on any atom is 0.271 e. The van der Waals surface area contributed by atoms with Gasteiger partial charge in [-0.1, -0.05) is 18.2 Å². The Morgan fingerprint density at radius 3 is 2.91 bits per heavy atom. The van der Waals surface area contributed by atoms with Crippen LogP contribution in [0.15, 0.2) is 48.8 Å². The molecule has 0 saturated heterocycles. The van der Waals surface area contributed by atoms with Crippen molar-refractivity contribution in [2.24, 2.45) is 0 Å². The number of pyridine rings is 1. The van der Waals surface area contributed by atoms with Crippen LogP contribution in [0.25, 0.3) is 11.3 Å². The zero-order valence-electron chi connectivity index (χ0n) is 18.8. The number of aromatic nitrogens is 3. The first-order chi connectivity index (χ1) is 16.6. The van der Waals surface area contributed by atoms with Crippen molar-refractivity contribution < 1.29 is 18.7 Å². The molecule has 0 radical (unpaired) electrons. The van der Waals surface area contributed by atoms with Crippen LogP contribution < -0.4 is 20.7 Å². The average molecular weight is 465 g/mol. The van der Waals surface area contributed by atoms with E-state index in [1.807, 2.05) is 18.2 Å². The number of hydrogen-bond acceptors (Lipinski definition) is 7. The number of para-hydroxylation sites is 1. The fourth-order valence-electron chi connectivity index (χ4n) is 4.31. The number of carbonyl (C=O) groups is 1. The SMILES string of the molecule is COc1c(F)cccc1Nc1c2nn3c1C(=O)NC[C@H]3C/C=C/[C@@H](OC)CNc1cnccc1-2. The number of fused-ring (bicyclic) bond motifs is 3. The van der Waals surface area contributed by atoms with Crippen LogP contribution in [0.1, 0.15) is 23.0 Å². The van der Waals surface area contributed by atoms with Crippen LogP contribution in [-0.4, -0.2) is 54.1 Å². The van der Waals surface area contributed by atoms with Gasteiger partial charge in [0.25, 0.3) is 5.91 Å². The molecular weight excluding hydrogens is 439 g/mol. The Bertz CT molecular complexity index is 1260. The molecule has 0 unspecified atom stereocenters. The quantitative estimate of drug-likeness (QED) is 0.508. The van der Waals surface area contributed by atoms with Gasteiger partial charge in [-0.05, 0) is 24.6 Å². The Labute approximate surface area is 196 Å². The predicted molar refractivity (Wildman–Crippen MR) is 126 cm³/mol. The molecule has 2 aliphatic rings. The predicted octanol–water partition coefficient (Wildman–Crippen LogP) is 3.51. The third-order valence-corrected chi connectivity index (χ3v) is 6.03. The van der Waals surface area contributed by atoms with Gasteiger partial charge in [-0.2, -0.15) is 5.10 Å². The van der Waals surface area contributed by atoms with Gasteiger partial charge in [0.2, 0.25) is 0 Å². The smallest absolute Gasteiger partial charge is 0.271 e. The molecule has 1 amide bonds. The molecular formula is C24H25FN6O3. The van der Waals surface area contributed by atoms with E-state index in [1.54, 1.807) is 36.3 Å². The number of nitrogens with one attached hydrogen (secondary N) is 3. The number of rotatable bonds is 4. The summed E-state index contributed by atoms with van der Waals surface area (Å²) in [5.41, 5.74) is 3.26. The molecule has 176 valence electrons. The van der Waals surface area contributed by atoms with Crippen LogP contribution >= 0.6 is 0 Å². The molecule has 2 bridgehead atoms. The standard InChI is InChI=1S/C24H25FN6O3/c1-33-15-6-3-5-14-11-28-24(32)22-21(29-18-8-4-7-17(25)23(18)34-2)20(30-31(14)22)16-9-10-26-13-19(16)27-12-15/h3-4,6-10,13-15,27,29H,5,11-12H2,1-2H3,(H,28,32)/b6-3+/t14-,15-/m1/s1. The minimum Gasteiger partial charge on any atom is -0.492 e. The minimum absolute atomic E-state index is 0.0537. The van der Waals surface area contributed by atoms with E-state index in [0.29, 0.717) is 42.3 Å². The fraction of sp³-hybridized carbons (Fsp3) is 0.292. The number of halogens is 1. The number of carbonyl (C=O) groups excluding carboxylic acids is 1. The Hall–Kier alpha value is -3.92. The molecule has 3 N–H and O–H groups in total. The summed E-state index contributed by atoms with van der Waals surface area (Å²) in [5.74, 6) is -0.714. The van der Waals surface area contributed by atoms with E-state index in [1.165, 1.54) is 13.2 Å². The second-order valence-electron chi connectivity index (χ2n) is 8.07. The molecule has 0 spiro atoms. The summed E-state index contributed by atoms with van der Waals surface area (Å²) in [6.07, 6.45) is 7.93. The summed E-state index contributed by atoms with van der Waals surface area (Å²) in [6.45, 7) is 0.973. The summed E-state index contributed by atoms with van der Waals surface area (Å²) >= 11 is 0. The van der Waals surface area contributed by atoms with E-state index in [0.717, 1.165) is 11.3 Å². The highest BCUT2D eigenvalue weighted by Gasteiger charge is 2.33. The third-order valence-electron chi connectivity index (χ3n) is 6.03. The molecule has 5 rings (SSSR count). The van der Waals surface area contributed by atoms with Crippen molar-refractivity contribution >= 4 is 23.0 Å². The lowest BCUT2D eigenvalue weighted by Gasteiger charge is -2.25. The van der Waals surface area contributed by atoms with E-state index in [-0.39, 0.29) is 23.8 Å². The van der Waals surface area contributed by atoms with E-state index in [4.69, 9.17) is 14.6 Å². The van der Waals surface area contributed by atoms with Gasteiger partial charge in [0.15, 0.2) is 17.3 Å². The number of amides is 1. The molecule has 34 heavy (non-hydrogen) atoms. The lowest BCUT2D eigenvalue weighted by Crippen LogP contribution is -2.39. The van der Waals surface area contributed by atoms with Gasteiger partial charge in [-0.3, -0.25) is 14.5 Å². The molecule has 10 heteroatoms. The van der Waals surface area contributed by atoms with Crippen molar-refractivity contribution in [3.8, 4) is 17.0 Å². The number of allylic oxidation sites excluding steroid dienone is 1. The molecule has 9 nitrogen and oxygen atoms in total.